The first-order chi connectivity index (χ1) is 8.86. The van der Waals surface area contributed by atoms with Crippen LogP contribution in [0.5, 0.6) is 0 Å². The predicted molar refractivity (Wildman–Crippen MR) is 74.6 cm³/mol. The number of hydrogen-bond acceptors (Lipinski definition) is 3. The lowest BCUT2D eigenvalue weighted by Gasteiger charge is -2.36. The Balaban J connectivity index is 1.97. The summed E-state index contributed by atoms with van der Waals surface area (Å²) < 4.78 is 5.10. The van der Waals surface area contributed by atoms with Gasteiger partial charge >= 0.3 is 0 Å². The predicted octanol–water partition coefficient (Wildman–Crippen LogP) is 1.97. The highest BCUT2D eigenvalue weighted by molar-refractivity contribution is 5.32. The fourth-order valence-corrected chi connectivity index (χ4v) is 2.81. The average molecular weight is 248 g/mol. The number of unbranched alkanes of at least 4 members (excludes halogenated alkanes) is 1. The molecule has 0 amide bonds. The molecule has 0 bridgehead atoms. The molecule has 0 fully saturated rings. The summed E-state index contributed by atoms with van der Waals surface area (Å²) in [5, 5.41) is 0. The monoisotopic (exact) mass is 248 g/mol. The lowest BCUT2D eigenvalue weighted by molar-refractivity contribution is 0.162. The first-order valence-electron chi connectivity index (χ1n) is 6.87. The summed E-state index contributed by atoms with van der Waals surface area (Å²) in [6, 6.07) is 9.11. The van der Waals surface area contributed by atoms with E-state index < -0.39 is 0 Å². The molecular formula is C15H24N2O. The molecule has 1 unspecified atom stereocenters. The second kappa shape index (κ2) is 6.88. The number of fused-ring (bicyclic) bond motifs is 1. The van der Waals surface area contributed by atoms with Gasteiger partial charge in [-0.05, 0) is 36.9 Å². The molecule has 1 aliphatic rings. The Kier molecular flexibility index (Phi) is 5.17. The van der Waals surface area contributed by atoms with Gasteiger partial charge in [-0.1, -0.05) is 24.3 Å². The van der Waals surface area contributed by atoms with Crippen molar-refractivity contribution >= 4 is 0 Å². The molecule has 1 aliphatic heterocycles. The molecule has 100 valence electrons. The highest BCUT2D eigenvalue weighted by Crippen LogP contribution is 2.28. The molecule has 2 rings (SSSR count). The number of ether oxygens (including phenoxy) is 1. The maximum absolute atomic E-state index is 5.97. The summed E-state index contributed by atoms with van der Waals surface area (Å²) in [6.45, 7) is 3.82. The van der Waals surface area contributed by atoms with Gasteiger partial charge in [0, 0.05) is 32.8 Å². The Labute approximate surface area is 110 Å². The number of hydrogen-bond donors (Lipinski definition) is 1. The van der Waals surface area contributed by atoms with Crippen LogP contribution in [0.1, 0.15) is 30.0 Å². The van der Waals surface area contributed by atoms with E-state index in [1.807, 2.05) is 0 Å². The zero-order valence-electron chi connectivity index (χ0n) is 11.3. The van der Waals surface area contributed by atoms with Gasteiger partial charge in [0.05, 0.1) is 0 Å². The molecule has 1 atom stereocenters. The molecule has 0 spiro atoms. The minimum absolute atomic E-state index is 0.400. The Morgan fingerprint density at radius 2 is 2.17 bits per heavy atom. The Morgan fingerprint density at radius 3 is 2.94 bits per heavy atom. The van der Waals surface area contributed by atoms with Crippen molar-refractivity contribution in [3.05, 3.63) is 35.4 Å². The third kappa shape index (κ3) is 3.10. The quantitative estimate of drug-likeness (QED) is 0.782. The van der Waals surface area contributed by atoms with Gasteiger partial charge in [-0.25, -0.2) is 0 Å². The maximum atomic E-state index is 5.97. The lowest BCUT2D eigenvalue weighted by atomic mass is 9.92. The standard InChI is InChI=1S/C15H24N2O/c1-18-11-5-4-9-17-10-8-13-6-2-3-7-14(13)15(17)12-16/h2-3,6-7,15H,4-5,8-12,16H2,1H3. The number of benzene rings is 1. The normalized spacial score (nSPS) is 19.8. The van der Waals surface area contributed by atoms with Crippen LogP contribution in [0, 0.1) is 0 Å². The van der Waals surface area contributed by atoms with Crippen molar-refractivity contribution in [3.63, 3.8) is 0 Å². The molecule has 18 heavy (non-hydrogen) atoms. The Morgan fingerprint density at radius 1 is 1.33 bits per heavy atom. The second-order valence-corrected chi connectivity index (χ2v) is 4.94. The van der Waals surface area contributed by atoms with Gasteiger partial charge in [-0.3, -0.25) is 4.90 Å². The average Bonchev–Trinajstić information content (AvgIpc) is 2.43. The van der Waals surface area contributed by atoms with Gasteiger partial charge in [-0.15, -0.1) is 0 Å². The van der Waals surface area contributed by atoms with Crippen LogP contribution in [0.3, 0.4) is 0 Å². The molecule has 3 nitrogen and oxygen atoms in total. The molecule has 1 aromatic rings. The highest BCUT2D eigenvalue weighted by atomic mass is 16.5. The van der Waals surface area contributed by atoms with Crippen LogP contribution in [0.25, 0.3) is 0 Å². The summed E-state index contributed by atoms with van der Waals surface area (Å²) in [6.07, 6.45) is 3.47. The van der Waals surface area contributed by atoms with E-state index in [0.717, 1.165) is 32.5 Å². The van der Waals surface area contributed by atoms with Crippen molar-refractivity contribution in [2.24, 2.45) is 5.73 Å². The van der Waals surface area contributed by atoms with Crippen LogP contribution >= 0.6 is 0 Å². The SMILES string of the molecule is COCCCCN1CCc2ccccc2C1CN. The Bertz CT molecular complexity index is 367. The van der Waals surface area contributed by atoms with E-state index in [-0.39, 0.29) is 0 Å². The van der Waals surface area contributed by atoms with Gasteiger partial charge in [0.25, 0.3) is 0 Å². The summed E-state index contributed by atoms with van der Waals surface area (Å²) >= 11 is 0. The first-order valence-corrected chi connectivity index (χ1v) is 6.87. The number of nitrogens with zero attached hydrogens (tertiary/aromatic N) is 1. The van der Waals surface area contributed by atoms with E-state index in [2.05, 4.69) is 29.2 Å². The zero-order valence-corrected chi connectivity index (χ0v) is 11.3. The van der Waals surface area contributed by atoms with Crippen molar-refractivity contribution in [3.8, 4) is 0 Å². The fraction of sp³-hybridized carbons (Fsp3) is 0.600. The third-order valence-corrected chi connectivity index (χ3v) is 3.79. The second-order valence-electron chi connectivity index (χ2n) is 4.94. The van der Waals surface area contributed by atoms with E-state index in [9.17, 15) is 0 Å². The summed E-state index contributed by atoms with van der Waals surface area (Å²) in [4.78, 5) is 2.53. The van der Waals surface area contributed by atoms with Crippen LogP contribution < -0.4 is 5.73 Å². The van der Waals surface area contributed by atoms with E-state index in [4.69, 9.17) is 10.5 Å². The van der Waals surface area contributed by atoms with E-state index in [1.54, 1.807) is 7.11 Å². The van der Waals surface area contributed by atoms with Crippen molar-refractivity contribution in [1.29, 1.82) is 0 Å². The molecule has 0 aromatic heterocycles. The molecule has 1 heterocycles. The topological polar surface area (TPSA) is 38.5 Å². The van der Waals surface area contributed by atoms with Crippen molar-refractivity contribution in [2.45, 2.75) is 25.3 Å². The molecule has 0 aliphatic carbocycles. The zero-order chi connectivity index (χ0) is 12.8. The molecule has 0 saturated heterocycles. The minimum Gasteiger partial charge on any atom is -0.385 e. The molecule has 1 aromatic carbocycles. The van der Waals surface area contributed by atoms with E-state index >= 15 is 0 Å². The molecular weight excluding hydrogens is 224 g/mol. The summed E-state index contributed by atoms with van der Waals surface area (Å²) in [5.41, 5.74) is 8.87. The molecule has 2 N–H and O–H groups in total. The number of nitrogens with two attached hydrogens (primary N) is 1. The maximum Gasteiger partial charge on any atom is 0.0473 e. The highest BCUT2D eigenvalue weighted by Gasteiger charge is 2.25. The van der Waals surface area contributed by atoms with Crippen molar-refractivity contribution < 1.29 is 4.74 Å². The molecule has 3 heteroatoms. The van der Waals surface area contributed by atoms with Crippen LogP contribution in [-0.4, -0.2) is 38.3 Å². The number of rotatable bonds is 6. The van der Waals surface area contributed by atoms with Gasteiger partial charge in [0.15, 0.2) is 0 Å². The van der Waals surface area contributed by atoms with Crippen LogP contribution in [0.4, 0.5) is 0 Å². The minimum atomic E-state index is 0.400. The van der Waals surface area contributed by atoms with Gasteiger partial charge in [-0.2, -0.15) is 0 Å². The van der Waals surface area contributed by atoms with E-state index in [0.29, 0.717) is 12.6 Å². The largest absolute Gasteiger partial charge is 0.385 e. The van der Waals surface area contributed by atoms with Crippen LogP contribution in [0.2, 0.25) is 0 Å². The van der Waals surface area contributed by atoms with Crippen molar-refractivity contribution in [1.82, 2.24) is 4.90 Å². The van der Waals surface area contributed by atoms with Crippen LogP contribution in [-0.2, 0) is 11.2 Å². The Hall–Kier alpha value is -0.900. The fourth-order valence-electron chi connectivity index (χ4n) is 2.81. The third-order valence-electron chi connectivity index (χ3n) is 3.79. The molecule has 0 saturated carbocycles. The first kappa shape index (κ1) is 13.5. The van der Waals surface area contributed by atoms with Gasteiger partial charge in [0.1, 0.15) is 0 Å². The van der Waals surface area contributed by atoms with Gasteiger partial charge in [0.2, 0.25) is 0 Å². The smallest absolute Gasteiger partial charge is 0.0473 e. The summed E-state index contributed by atoms with van der Waals surface area (Å²) in [5.74, 6) is 0. The van der Waals surface area contributed by atoms with Crippen molar-refractivity contribution in [2.75, 3.05) is 33.4 Å². The van der Waals surface area contributed by atoms with Crippen LogP contribution in [0.15, 0.2) is 24.3 Å². The summed E-state index contributed by atoms with van der Waals surface area (Å²) in [7, 11) is 1.76. The van der Waals surface area contributed by atoms with Gasteiger partial charge < -0.3 is 10.5 Å². The molecule has 0 radical (unpaired) electrons. The number of methoxy groups -OCH3 is 1. The lowest BCUT2D eigenvalue weighted by Crippen LogP contribution is -2.39. The van der Waals surface area contributed by atoms with E-state index in [1.165, 1.54) is 17.5 Å².